The number of rotatable bonds is 13. The van der Waals surface area contributed by atoms with Crippen LogP contribution in [0.25, 0.3) is 0 Å². The van der Waals surface area contributed by atoms with E-state index < -0.39 is 28.9 Å². The number of ketones is 1. The van der Waals surface area contributed by atoms with Gasteiger partial charge in [0, 0.05) is 48.5 Å². The molecule has 0 amide bonds. The first-order valence-electron chi connectivity index (χ1n) is 21.9. The fourth-order valence-corrected chi connectivity index (χ4v) is 13.9. The lowest BCUT2D eigenvalue weighted by atomic mass is 9.33. The van der Waals surface area contributed by atoms with E-state index in [-0.39, 0.29) is 51.8 Å². The number of carboxylic acid groups (broad SMARTS) is 1. The molecule has 0 aliphatic heterocycles. The molecule has 1 aromatic carbocycles. The summed E-state index contributed by atoms with van der Waals surface area (Å²) in [6.07, 6.45) is 7.13. The van der Waals surface area contributed by atoms with Crippen LogP contribution >= 0.6 is 11.6 Å². The number of nitrogens with zero attached hydrogens (tertiary/aromatic N) is 2. The molecule has 0 aromatic heterocycles. The maximum atomic E-state index is 14.3. The molecule has 1 aromatic rings. The topological polar surface area (TPSA) is 107 Å². The number of aliphatic hydroxyl groups excluding tert-OH is 1. The molecule has 0 spiro atoms. The van der Waals surface area contributed by atoms with Crippen molar-refractivity contribution in [1.29, 1.82) is 0 Å². The van der Waals surface area contributed by atoms with Crippen molar-refractivity contribution in [3.05, 3.63) is 46.0 Å². The molecule has 5 aliphatic rings. The van der Waals surface area contributed by atoms with E-state index in [1.807, 2.05) is 12.1 Å². The average molecular weight is 810 g/mol. The van der Waals surface area contributed by atoms with E-state index in [9.17, 15) is 24.6 Å². The van der Waals surface area contributed by atoms with Crippen molar-refractivity contribution < 1.29 is 29.3 Å². The van der Waals surface area contributed by atoms with E-state index in [0.29, 0.717) is 36.4 Å². The highest BCUT2D eigenvalue weighted by atomic mass is 35.5. The molecule has 57 heavy (non-hydrogen) atoms. The molecule has 0 saturated heterocycles. The van der Waals surface area contributed by atoms with Gasteiger partial charge in [-0.1, -0.05) is 77.8 Å². The van der Waals surface area contributed by atoms with E-state index in [1.54, 1.807) is 13.8 Å². The van der Waals surface area contributed by atoms with Gasteiger partial charge in [0.05, 0.1) is 17.9 Å². The Morgan fingerprint density at radius 1 is 0.912 bits per heavy atom. The minimum absolute atomic E-state index is 0.0308. The number of ether oxygens (including phenoxy) is 1. The summed E-state index contributed by atoms with van der Waals surface area (Å²) in [5.41, 5.74) is 1.54. The molecule has 2 N–H and O–H groups in total. The van der Waals surface area contributed by atoms with Crippen molar-refractivity contribution in [3.8, 4) is 0 Å². The highest BCUT2D eigenvalue weighted by Gasteiger charge is 2.71. The number of hydrogen-bond acceptors (Lipinski definition) is 7. The highest BCUT2D eigenvalue weighted by Crippen LogP contribution is 2.77. The molecule has 4 saturated carbocycles. The van der Waals surface area contributed by atoms with Crippen LogP contribution in [0.1, 0.15) is 132 Å². The number of allylic oxidation sites excluding steroid dienone is 1. The molecule has 9 atom stereocenters. The standard InChI is InChI=1S/C48H73ClN2O6/c1-30(2)40-34(52)26-48(37(53)29-51(25-24-50(10)11)28-31-12-14-32(49)15-13-31)23-22-46(8)33(41(40)48)16-17-36-45(7)20-19-38(57-39(54)27-43(3,4)42(55)56)44(5,6)35(45)18-21-47(36,46)9/h12-15,30,33,35-38,53H,16-29H2,1-11H3,(H,55,56)/t33-,35+,36-,37+,38+,45+,46-,47-,48+/m1/s1. The largest absolute Gasteiger partial charge is 0.481 e. The Labute approximate surface area is 348 Å². The van der Waals surface area contributed by atoms with Crippen molar-refractivity contribution in [1.82, 2.24) is 9.80 Å². The van der Waals surface area contributed by atoms with Gasteiger partial charge in [0.2, 0.25) is 0 Å². The number of esters is 1. The Balaban J connectivity index is 1.29. The van der Waals surface area contributed by atoms with Crippen molar-refractivity contribution in [2.75, 3.05) is 33.7 Å². The van der Waals surface area contributed by atoms with Crippen LogP contribution < -0.4 is 0 Å². The summed E-state index contributed by atoms with van der Waals surface area (Å²) in [6.45, 7) is 22.6. The molecule has 0 bridgehead atoms. The van der Waals surface area contributed by atoms with E-state index in [4.69, 9.17) is 16.3 Å². The fourth-order valence-electron chi connectivity index (χ4n) is 13.8. The maximum Gasteiger partial charge on any atom is 0.309 e. The summed E-state index contributed by atoms with van der Waals surface area (Å²) in [5.74, 6) is 0.00261. The number of aliphatic carboxylic acids is 1. The Bertz CT molecular complexity index is 1740. The summed E-state index contributed by atoms with van der Waals surface area (Å²) in [4.78, 5) is 43.8. The number of carbonyl (C=O) groups excluding carboxylic acids is 2. The molecule has 318 valence electrons. The van der Waals surface area contributed by atoms with Crippen LogP contribution in [0, 0.1) is 56.2 Å². The van der Waals surface area contributed by atoms with Crippen LogP contribution in [-0.2, 0) is 25.7 Å². The van der Waals surface area contributed by atoms with Gasteiger partial charge in [-0.2, -0.15) is 0 Å². The number of Topliss-reactive ketones (excluding diaryl/α,β-unsaturated/α-hetero) is 1. The van der Waals surface area contributed by atoms with E-state index >= 15 is 0 Å². The predicted molar refractivity (Wildman–Crippen MR) is 227 cm³/mol. The molecule has 4 fully saturated rings. The smallest absolute Gasteiger partial charge is 0.309 e. The Morgan fingerprint density at radius 3 is 2.19 bits per heavy atom. The van der Waals surface area contributed by atoms with Crippen molar-refractivity contribution >= 4 is 29.3 Å². The molecular formula is C48H73ClN2O6. The fraction of sp³-hybridized carbons (Fsp3) is 0.771. The Morgan fingerprint density at radius 2 is 1.58 bits per heavy atom. The molecule has 0 unspecified atom stereocenters. The Kier molecular flexibility index (Phi) is 12.2. The summed E-state index contributed by atoms with van der Waals surface area (Å²) < 4.78 is 6.20. The van der Waals surface area contributed by atoms with Gasteiger partial charge in [-0.05, 0) is 142 Å². The molecule has 0 heterocycles. The third kappa shape index (κ3) is 7.58. The van der Waals surface area contributed by atoms with Crippen LogP contribution in [-0.4, -0.2) is 83.7 Å². The second kappa shape index (κ2) is 15.6. The second-order valence-corrected chi connectivity index (χ2v) is 22.2. The van der Waals surface area contributed by atoms with Crippen LogP contribution in [0.15, 0.2) is 35.4 Å². The van der Waals surface area contributed by atoms with Gasteiger partial charge in [0.25, 0.3) is 0 Å². The quantitative estimate of drug-likeness (QED) is 0.190. The van der Waals surface area contributed by atoms with Crippen LogP contribution in [0.5, 0.6) is 0 Å². The highest BCUT2D eigenvalue weighted by molar-refractivity contribution is 6.30. The second-order valence-electron chi connectivity index (χ2n) is 21.7. The molecule has 0 radical (unpaired) electrons. The zero-order chi connectivity index (χ0) is 42.1. The number of halogens is 1. The molecule has 8 nitrogen and oxygen atoms in total. The zero-order valence-electron chi connectivity index (χ0n) is 37.0. The normalized spacial score (nSPS) is 35.5. The minimum Gasteiger partial charge on any atom is -0.481 e. The summed E-state index contributed by atoms with van der Waals surface area (Å²) in [6, 6.07) is 8.00. The molecule has 5 aliphatic carbocycles. The third-order valence-electron chi connectivity index (χ3n) is 17.1. The number of benzene rings is 1. The van der Waals surface area contributed by atoms with Crippen LogP contribution in [0.4, 0.5) is 0 Å². The van der Waals surface area contributed by atoms with Gasteiger partial charge < -0.3 is 19.8 Å². The number of likely N-dealkylation sites (N-methyl/N-ethyl adjacent to an activating group) is 1. The van der Waals surface area contributed by atoms with Crippen molar-refractivity contribution in [3.63, 3.8) is 0 Å². The number of fused-ring (bicyclic) bond motifs is 7. The van der Waals surface area contributed by atoms with E-state index in [2.05, 4.69) is 84.5 Å². The summed E-state index contributed by atoms with van der Waals surface area (Å²) in [7, 11) is 4.17. The van der Waals surface area contributed by atoms with Crippen LogP contribution in [0.3, 0.4) is 0 Å². The lowest BCUT2D eigenvalue weighted by Gasteiger charge is -2.72. The zero-order valence-corrected chi connectivity index (χ0v) is 37.7. The monoisotopic (exact) mass is 809 g/mol. The summed E-state index contributed by atoms with van der Waals surface area (Å²) >= 11 is 6.24. The van der Waals surface area contributed by atoms with Gasteiger partial charge in [0.1, 0.15) is 6.10 Å². The lowest BCUT2D eigenvalue weighted by Crippen LogP contribution is -2.66. The van der Waals surface area contributed by atoms with Gasteiger partial charge in [-0.15, -0.1) is 0 Å². The number of carboxylic acids is 1. The molecular weight excluding hydrogens is 736 g/mol. The Hall–Kier alpha value is -2.26. The third-order valence-corrected chi connectivity index (χ3v) is 17.4. The number of carbonyl (C=O) groups is 3. The van der Waals surface area contributed by atoms with Gasteiger partial charge >= 0.3 is 11.9 Å². The van der Waals surface area contributed by atoms with Crippen LogP contribution in [0.2, 0.25) is 5.02 Å². The average Bonchev–Trinajstić information content (AvgIpc) is 3.42. The first-order chi connectivity index (χ1) is 26.4. The van der Waals surface area contributed by atoms with Gasteiger partial charge in [-0.3, -0.25) is 19.3 Å². The van der Waals surface area contributed by atoms with Crippen molar-refractivity contribution in [2.45, 2.75) is 145 Å². The van der Waals surface area contributed by atoms with E-state index in [1.165, 1.54) is 5.57 Å². The lowest BCUT2D eigenvalue weighted by molar-refractivity contribution is -0.235. The van der Waals surface area contributed by atoms with Gasteiger partial charge in [0.15, 0.2) is 5.78 Å². The number of hydrogen-bond donors (Lipinski definition) is 2. The molecule has 6 rings (SSSR count). The SMILES string of the molecule is CC(C)C1=C2[C@H]3CC[C@@H]4[C@@]5(C)CC[C@H](OC(=O)CC(C)(C)C(=O)O)C(C)(C)[C@@H]5CC[C@@]4(C)[C@]3(C)CC[C@@]2([C@@H](O)CN(CCN(C)C)Cc2ccc(Cl)cc2)CC1=O. The minimum atomic E-state index is -1.17. The number of aliphatic hydroxyl groups is 1. The first kappa shape index (κ1) is 44.3. The first-order valence-corrected chi connectivity index (χ1v) is 22.3. The van der Waals surface area contributed by atoms with E-state index in [0.717, 1.165) is 75.6 Å². The maximum absolute atomic E-state index is 14.3. The van der Waals surface area contributed by atoms with Crippen molar-refractivity contribution in [2.24, 2.45) is 56.2 Å². The van der Waals surface area contributed by atoms with Gasteiger partial charge in [-0.25, -0.2) is 0 Å². The predicted octanol–water partition coefficient (Wildman–Crippen LogP) is 9.46. The molecule has 9 heteroatoms. The summed E-state index contributed by atoms with van der Waals surface area (Å²) in [5, 5.41) is 23.0.